The van der Waals surface area contributed by atoms with Crippen LogP contribution in [0.2, 0.25) is 0 Å². The molecule has 0 fully saturated rings. The third kappa shape index (κ3) is 5.40. The van der Waals surface area contributed by atoms with Gasteiger partial charge in [0.05, 0.1) is 10.5 Å². The van der Waals surface area contributed by atoms with E-state index in [2.05, 4.69) is 62.8 Å². The van der Waals surface area contributed by atoms with E-state index in [0.717, 1.165) is 12.1 Å². The summed E-state index contributed by atoms with van der Waals surface area (Å²) < 4.78 is 0. The number of alkyl halides is 2. The SMILES string of the molecule is CCCCC(Br)c1ccc(C(Br)CCCC)nc1. The molecule has 0 bridgehead atoms. The number of hydrogen-bond acceptors (Lipinski definition) is 1. The maximum Gasteiger partial charge on any atom is 0.0568 e. The number of unbranched alkanes of at least 4 members (excludes halogenated alkanes) is 2. The maximum atomic E-state index is 4.58. The molecule has 2 atom stereocenters. The van der Waals surface area contributed by atoms with E-state index in [4.69, 9.17) is 0 Å². The molecule has 2 unspecified atom stereocenters. The first-order chi connectivity index (χ1) is 8.69. The first-order valence-corrected chi connectivity index (χ1v) is 8.76. The highest BCUT2D eigenvalue weighted by Gasteiger charge is 2.11. The number of pyridine rings is 1. The Bertz CT molecular complexity index is 291. The molecule has 1 nitrogen and oxygen atoms in total. The summed E-state index contributed by atoms with van der Waals surface area (Å²) in [6.07, 6.45) is 9.35. The second-order valence-electron chi connectivity index (χ2n) is 4.74. The van der Waals surface area contributed by atoms with E-state index in [1.54, 1.807) is 0 Å². The zero-order valence-electron chi connectivity index (χ0n) is 11.3. The molecule has 0 aliphatic heterocycles. The van der Waals surface area contributed by atoms with Crippen molar-refractivity contribution in [1.29, 1.82) is 0 Å². The molecule has 1 heterocycles. The predicted molar refractivity (Wildman–Crippen MR) is 86.6 cm³/mol. The molecule has 0 saturated heterocycles. The van der Waals surface area contributed by atoms with E-state index in [0.29, 0.717) is 9.65 Å². The summed E-state index contributed by atoms with van der Waals surface area (Å²) >= 11 is 7.46. The van der Waals surface area contributed by atoms with Crippen LogP contribution in [0.5, 0.6) is 0 Å². The first-order valence-electron chi connectivity index (χ1n) is 6.93. The van der Waals surface area contributed by atoms with Gasteiger partial charge in [0, 0.05) is 11.0 Å². The summed E-state index contributed by atoms with van der Waals surface area (Å²) in [5.74, 6) is 0. The van der Waals surface area contributed by atoms with Crippen molar-refractivity contribution in [2.75, 3.05) is 0 Å². The highest BCUT2D eigenvalue weighted by atomic mass is 79.9. The monoisotopic (exact) mass is 375 g/mol. The van der Waals surface area contributed by atoms with E-state index in [-0.39, 0.29) is 0 Å². The number of hydrogen-bond donors (Lipinski definition) is 0. The lowest BCUT2D eigenvalue weighted by atomic mass is 10.1. The Labute approximate surface area is 128 Å². The second-order valence-corrected chi connectivity index (χ2v) is 6.95. The van der Waals surface area contributed by atoms with Crippen molar-refractivity contribution in [1.82, 2.24) is 4.98 Å². The summed E-state index contributed by atoms with van der Waals surface area (Å²) in [5, 5.41) is 0. The Balaban J connectivity index is 2.56. The fraction of sp³-hybridized carbons (Fsp3) is 0.667. The molecule has 3 heteroatoms. The van der Waals surface area contributed by atoms with Crippen LogP contribution in [0.15, 0.2) is 18.3 Å². The smallest absolute Gasteiger partial charge is 0.0568 e. The number of nitrogens with zero attached hydrogens (tertiary/aromatic N) is 1. The molecule has 0 aliphatic rings. The van der Waals surface area contributed by atoms with Gasteiger partial charge in [-0.3, -0.25) is 4.98 Å². The second kappa shape index (κ2) is 9.08. The Morgan fingerprint density at radius 1 is 1.00 bits per heavy atom. The van der Waals surface area contributed by atoms with Crippen molar-refractivity contribution in [2.24, 2.45) is 0 Å². The van der Waals surface area contributed by atoms with Gasteiger partial charge in [-0.1, -0.05) is 77.5 Å². The van der Waals surface area contributed by atoms with Crippen molar-refractivity contribution in [3.05, 3.63) is 29.6 Å². The highest BCUT2D eigenvalue weighted by molar-refractivity contribution is 9.09. The van der Waals surface area contributed by atoms with Gasteiger partial charge in [0.15, 0.2) is 0 Å². The molecule has 0 amide bonds. The van der Waals surface area contributed by atoms with Crippen LogP contribution < -0.4 is 0 Å². The van der Waals surface area contributed by atoms with Crippen molar-refractivity contribution >= 4 is 31.9 Å². The van der Waals surface area contributed by atoms with E-state index < -0.39 is 0 Å². The minimum absolute atomic E-state index is 0.399. The lowest BCUT2D eigenvalue weighted by Crippen LogP contribution is -1.97. The molecule has 1 aromatic heterocycles. The van der Waals surface area contributed by atoms with Gasteiger partial charge in [0.25, 0.3) is 0 Å². The average molecular weight is 377 g/mol. The van der Waals surface area contributed by atoms with Crippen LogP contribution in [0, 0.1) is 0 Å². The molecular formula is C15H23Br2N. The summed E-state index contributed by atoms with van der Waals surface area (Å²) in [6, 6.07) is 4.36. The van der Waals surface area contributed by atoms with Gasteiger partial charge in [-0.15, -0.1) is 0 Å². The molecule has 0 aromatic carbocycles. The number of rotatable bonds is 8. The van der Waals surface area contributed by atoms with Gasteiger partial charge in [-0.05, 0) is 24.5 Å². The third-order valence-corrected chi connectivity index (χ3v) is 5.03. The Hall–Kier alpha value is 0.110. The average Bonchev–Trinajstić information content (AvgIpc) is 2.42. The number of halogens is 2. The minimum Gasteiger partial charge on any atom is -0.260 e. The van der Waals surface area contributed by atoms with Gasteiger partial charge >= 0.3 is 0 Å². The zero-order valence-corrected chi connectivity index (χ0v) is 14.5. The van der Waals surface area contributed by atoms with E-state index in [9.17, 15) is 0 Å². The van der Waals surface area contributed by atoms with Crippen LogP contribution in [-0.4, -0.2) is 4.98 Å². The summed E-state index contributed by atoms with van der Waals surface area (Å²) in [4.78, 5) is 5.43. The largest absolute Gasteiger partial charge is 0.260 e. The molecule has 1 rings (SSSR count). The molecule has 0 aliphatic carbocycles. The Kier molecular flexibility index (Phi) is 8.16. The van der Waals surface area contributed by atoms with Gasteiger partial charge in [-0.25, -0.2) is 0 Å². The lowest BCUT2D eigenvalue weighted by Gasteiger charge is -2.12. The summed E-state index contributed by atoms with van der Waals surface area (Å²) in [5.41, 5.74) is 2.45. The fourth-order valence-electron chi connectivity index (χ4n) is 1.87. The van der Waals surface area contributed by atoms with Gasteiger partial charge in [0.1, 0.15) is 0 Å². The maximum absolute atomic E-state index is 4.58. The standard InChI is InChI=1S/C15H23Br2N/c1-3-5-7-13(16)12-9-10-15(18-11-12)14(17)8-6-4-2/h9-11,13-14H,3-8H2,1-2H3. The molecule has 0 radical (unpaired) electrons. The highest BCUT2D eigenvalue weighted by Crippen LogP contribution is 2.31. The molecule has 18 heavy (non-hydrogen) atoms. The van der Waals surface area contributed by atoms with Crippen LogP contribution in [0.4, 0.5) is 0 Å². The molecular weight excluding hydrogens is 354 g/mol. The van der Waals surface area contributed by atoms with E-state index >= 15 is 0 Å². The van der Waals surface area contributed by atoms with E-state index in [1.165, 1.54) is 37.7 Å². The zero-order chi connectivity index (χ0) is 13.4. The molecule has 0 N–H and O–H groups in total. The van der Waals surface area contributed by atoms with Crippen molar-refractivity contribution in [3.8, 4) is 0 Å². The van der Waals surface area contributed by atoms with Gasteiger partial charge in [0.2, 0.25) is 0 Å². The van der Waals surface area contributed by atoms with Gasteiger partial charge in [-0.2, -0.15) is 0 Å². The predicted octanol–water partition coefficient (Wildman–Crippen LogP) is 6.33. The Morgan fingerprint density at radius 2 is 1.61 bits per heavy atom. The first kappa shape index (κ1) is 16.2. The lowest BCUT2D eigenvalue weighted by molar-refractivity contribution is 0.696. The van der Waals surface area contributed by atoms with E-state index in [1.807, 2.05) is 6.20 Å². The minimum atomic E-state index is 0.399. The number of aromatic nitrogens is 1. The molecule has 1 aromatic rings. The van der Waals surface area contributed by atoms with Crippen LogP contribution in [-0.2, 0) is 0 Å². The van der Waals surface area contributed by atoms with Crippen molar-refractivity contribution in [2.45, 2.75) is 62.0 Å². The van der Waals surface area contributed by atoms with Crippen LogP contribution >= 0.6 is 31.9 Å². The summed E-state index contributed by atoms with van der Waals surface area (Å²) in [6.45, 7) is 4.45. The molecule has 0 saturated carbocycles. The fourth-order valence-corrected chi connectivity index (χ4v) is 3.06. The van der Waals surface area contributed by atoms with Crippen LogP contribution in [0.3, 0.4) is 0 Å². The molecule has 0 spiro atoms. The van der Waals surface area contributed by atoms with Crippen molar-refractivity contribution < 1.29 is 0 Å². The summed E-state index contributed by atoms with van der Waals surface area (Å²) in [7, 11) is 0. The third-order valence-electron chi connectivity index (χ3n) is 3.11. The van der Waals surface area contributed by atoms with Gasteiger partial charge < -0.3 is 0 Å². The quantitative estimate of drug-likeness (QED) is 0.482. The van der Waals surface area contributed by atoms with Crippen LogP contribution in [0.25, 0.3) is 0 Å². The van der Waals surface area contributed by atoms with Crippen LogP contribution in [0.1, 0.15) is 73.3 Å². The molecule has 102 valence electrons. The topological polar surface area (TPSA) is 12.9 Å². The van der Waals surface area contributed by atoms with Crippen molar-refractivity contribution in [3.63, 3.8) is 0 Å². The normalized spacial score (nSPS) is 14.4. The Morgan fingerprint density at radius 3 is 2.11 bits per heavy atom.